The predicted molar refractivity (Wildman–Crippen MR) is 69.7 cm³/mol. The molecule has 0 amide bonds. The second kappa shape index (κ2) is 5.70. The Hall–Kier alpha value is -0.530. The summed E-state index contributed by atoms with van der Waals surface area (Å²) in [5.74, 6) is 0.538. The van der Waals surface area contributed by atoms with Crippen molar-refractivity contribution in [2.75, 3.05) is 0 Å². The standard InChI is InChI=1S/C14H21ClO/c1-4-5-11(2)10-14(3,16)12-6-8-13(15)9-7-12/h6-9,11,16H,4-5,10H2,1-3H3. The molecular formula is C14H21ClO. The Morgan fingerprint density at radius 1 is 1.31 bits per heavy atom. The van der Waals surface area contributed by atoms with E-state index in [0.717, 1.165) is 24.8 Å². The first-order chi connectivity index (χ1) is 7.45. The van der Waals surface area contributed by atoms with Gasteiger partial charge in [-0.3, -0.25) is 0 Å². The molecule has 0 bridgehead atoms. The normalized spacial score (nSPS) is 16.8. The zero-order valence-corrected chi connectivity index (χ0v) is 11.1. The molecule has 1 aromatic rings. The third-order valence-electron chi connectivity index (χ3n) is 2.99. The quantitative estimate of drug-likeness (QED) is 0.810. The maximum atomic E-state index is 10.4. The lowest BCUT2D eigenvalue weighted by molar-refractivity contribution is 0.0311. The van der Waals surface area contributed by atoms with Crippen LogP contribution < -0.4 is 0 Å². The average molecular weight is 241 g/mol. The lowest BCUT2D eigenvalue weighted by Gasteiger charge is -2.27. The molecule has 0 saturated carbocycles. The number of hydrogen-bond acceptors (Lipinski definition) is 1. The SMILES string of the molecule is CCCC(C)CC(C)(O)c1ccc(Cl)cc1. The molecule has 0 aliphatic carbocycles. The van der Waals surface area contributed by atoms with Gasteiger partial charge in [0.1, 0.15) is 0 Å². The van der Waals surface area contributed by atoms with E-state index < -0.39 is 5.60 Å². The van der Waals surface area contributed by atoms with Crippen molar-refractivity contribution in [3.63, 3.8) is 0 Å². The largest absolute Gasteiger partial charge is 0.385 e. The van der Waals surface area contributed by atoms with E-state index in [4.69, 9.17) is 11.6 Å². The molecule has 0 aliphatic heterocycles. The topological polar surface area (TPSA) is 20.2 Å². The fourth-order valence-corrected chi connectivity index (χ4v) is 2.33. The molecule has 0 aromatic heterocycles. The Bertz CT molecular complexity index is 316. The first-order valence-corrected chi connectivity index (χ1v) is 6.32. The van der Waals surface area contributed by atoms with E-state index in [9.17, 15) is 5.11 Å². The number of rotatable bonds is 5. The molecule has 0 aliphatic rings. The Morgan fingerprint density at radius 2 is 1.88 bits per heavy atom. The average Bonchev–Trinajstić information content (AvgIpc) is 2.17. The molecule has 2 heteroatoms. The predicted octanol–water partition coefficient (Wildman–Crippen LogP) is 4.37. The number of hydrogen-bond donors (Lipinski definition) is 1. The minimum Gasteiger partial charge on any atom is -0.385 e. The highest BCUT2D eigenvalue weighted by molar-refractivity contribution is 6.30. The maximum Gasteiger partial charge on any atom is 0.0871 e. The Kier molecular flexibility index (Phi) is 4.82. The van der Waals surface area contributed by atoms with Gasteiger partial charge in [0.05, 0.1) is 5.60 Å². The van der Waals surface area contributed by atoms with E-state index in [1.807, 2.05) is 31.2 Å². The molecule has 0 saturated heterocycles. The van der Waals surface area contributed by atoms with Crippen LogP contribution in [0.25, 0.3) is 0 Å². The molecule has 2 atom stereocenters. The van der Waals surface area contributed by atoms with Gasteiger partial charge in [-0.2, -0.15) is 0 Å². The smallest absolute Gasteiger partial charge is 0.0871 e. The molecule has 0 radical (unpaired) electrons. The number of halogens is 1. The monoisotopic (exact) mass is 240 g/mol. The summed E-state index contributed by atoms with van der Waals surface area (Å²) in [6.07, 6.45) is 3.12. The molecule has 1 rings (SSSR count). The second-order valence-corrected chi connectivity index (χ2v) is 5.32. The van der Waals surface area contributed by atoms with Gasteiger partial charge in [-0.05, 0) is 37.0 Å². The zero-order valence-electron chi connectivity index (χ0n) is 10.3. The lowest BCUT2D eigenvalue weighted by atomic mass is 9.85. The lowest BCUT2D eigenvalue weighted by Crippen LogP contribution is -2.24. The zero-order chi connectivity index (χ0) is 12.2. The van der Waals surface area contributed by atoms with Crippen LogP contribution in [0.1, 0.15) is 45.6 Å². The van der Waals surface area contributed by atoms with Crippen LogP contribution in [0, 0.1) is 5.92 Å². The molecule has 1 aromatic carbocycles. The van der Waals surface area contributed by atoms with Crippen molar-refractivity contribution in [2.24, 2.45) is 5.92 Å². The summed E-state index contributed by atoms with van der Waals surface area (Å²) in [4.78, 5) is 0. The van der Waals surface area contributed by atoms with Crippen LogP contribution in [0.15, 0.2) is 24.3 Å². The second-order valence-electron chi connectivity index (χ2n) is 4.88. The van der Waals surface area contributed by atoms with Crippen LogP contribution in [0.5, 0.6) is 0 Å². The molecule has 0 spiro atoms. The van der Waals surface area contributed by atoms with Gasteiger partial charge in [0.2, 0.25) is 0 Å². The van der Waals surface area contributed by atoms with Gasteiger partial charge < -0.3 is 5.11 Å². The summed E-state index contributed by atoms with van der Waals surface area (Å²) in [5.41, 5.74) is 0.193. The van der Waals surface area contributed by atoms with Crippen molar-refractivity contribution >= 4 is 11.6 Å². The van der Waals surface area contributed by atoms with E-state index in [1.54, 1.807) is 0 Å². The third kappa shape index (κ3) is 3.80. The minimum absolute atomic E-state index is 0.538. The van der Waals surface area contributed by atoms with Crippen molar-refractivity contribution in [3.05, 3.63) is 34.9 Å². The van der Waals surface area contributed by atoms with Gasteiger partial charge in [-0.25, -0.2) is 0 Å². The summed E-state index contributed by atoms with van der Waals surface area (Å²) in [7, 11) is 0. The maximum absolute atomic E-state index is 10.4. The summed E-state index contributed by atoms with van der Waals surface area (Å²) < 4.78 is 0. The van der Waals surface area contributed by atoms with Crippen molar-refractivity contribution in [3.8, 4) is 0 Å². The van der Waals surface area contributed by atoms with E-state index in [1.165, 1.54) is 0 Å². The molecule has 1 nitrogen and oxygen atoms in total. The molecule has 1 N–H and O–H groups in total. The van der Waals surface area contributed by atoms with Crippen LogP contribution in [0.3, 0.4) is 0 Å². The van der Waals surface area contributed by atoms with E-state index >= 15 is 0 Å². The molecule has 0 fully saturated rings. The highest BCUT2D eigenvalue weighted by Crippen LogP contribution is 2.30. The number of aliphatic hydroxyl groups is 1. The molecule has 90 valence electrons. The van der Waals surface area contributed by atoms with Gasteiger partial charge in [0, 0.05) is 5.02 Å². The Labute approximate surface area is 103 Å². The van der Waals surface area contributed by atoms with E-state index in [-0.39, 0.29) is 0 Å². The molecular weight excluding hydrogens is 220 g/mol. The first kappa shape index (κ1) is 13.5. The fourth-order valence-electron chi connectivity index (χ4n) is 2.20. The Morgan fingerprint density at radius 3 is 2.38 bits per heavy atom. The first-order valence-electron chi connectivity index (χ1n) is 5.94. The van der Waals surface area contributed by atoms with Gasteiger partial charge in [-0.15, -0.1) is 0 Å². The van der Waals surface area contributed by atoms with E-state index in [0.29, 0.717) is 10.9 Å². The fraction of sp³-hybridized carbons (Fsp3) is 0.571. The van der Waals surface area contributed by atoms with Crippen LogP contribution >= 0.6 is 11.6 Å². The summed E-state index contributed by atoms with van der Waals surface area (Å²) in [6, 6.07) is 7.47. The number of benzene rings is 1. The van der Waals surface area contributed by atoms with Crippen LogP contribution in [0.2, 0.25) is 5.02 Å². The van der Waals surface area contributed by atoms with Crippen LogP contribution in [-0.4, -0.2) is 5.11 Å². The highest BCUT2D eigenvalue weighted by Gasteiger charge is 2.25. The van der Waals surface area contributed by atoms with Gasteiger partial charge in [-0.1, -0.05) is 50.4 Å². The van der Waals surface area contributed by atoms with Crippen molar-refractivity contribution in [1.29, 1.82) is 0 Å². The summed E-state index contributed by atoms with van der Waals surface area (Å²) in [5, 5.41) is 11.1. The van der Waals surface area contributed by atoms with Gasteiger partial charge in [0.25, 0.3) is 0 Å². The van der Waals surface area contributed by atoms with Crippen LogP contribution in [-0.2, 0) is 5.60 Å². The third-order valence-corrected chi connectivity index (χ3v) is 3.25. The van der Waals surface area contributed by atoms with E-state index in [2.05, 4.69) is 13.8 Å². The summed E-state index contributed by atoms with van der Waals surface area (Å²) in [6.45, 7) is 6.24. The molecule has 2 unspecified atom stereocenters. The van der Waals surface area contributed by atoms with Crippen LogP contribution in [0.4, 0.5) is 0 Å². The molecule has 0 heterocycles. The van der Waals surface area contributed by atoms with Crippen molar-refractivity contribution < 1.29 is 5.11 Å². The Balaban J connectivity index is 2.72. The van der Waals surface area contributed by atoms with Gasteiger partial charge in [0.15, 0.2) is 0 Å². The highest BCUT2D eigenvalue weighted by atomic mass is 35.5. The minimum atomic E-state index is -0.751. The summed E-state index contributed by atoms with van der Waals surface area (Å²) >= 11 is 5.84. The molecule has 16 heavy (non-hydrogen) atoms. The van der Waals surface area contributed by atoms with Crippen molar-refractivity contribution in [2.45, 2.75) is 45.6 Å². The van der Waals surface area contributed by atoms with Crippen molar-refractivity contribution in [1.82, 2.24) is 0 Å². The van der Waals surface area contributed by atoms with Gasteiger partial charge >= 0.3 is 0 Å².